The molecular formula is C11H19N5O3. The molecule has 0 bridgehead atoms. The van der Waals surface area contributed by atoms with Crippen LogP contribution in [0.2, 0.25) is 0 Å². The number of amides is 1. The van der Waals surface area contributed by atoms with E-state index in [1.54, 1.807) is 4.68 Å². The van der Waals surface area contributed by atoms with Crippen molar-refractivity contribution >= 4 is 6.09 Å². The van der Waals surface area contributed by atoms with Crippen LogP contribution in [-0.4, -0.2) is 68.5 Å². The highest BCUT2D eigenvalue weighted by atomic mass is 16.4. The minimum absolute atomic E-state index is 0.0659. The van der Waals surface area contributed by atoms with E-state index in [9.17, 15) is 4.79 Å². The molecule has 1 saturated heterocycles. The van der Waals surface area contributed by atoms with Crippen molar-refractivity contribution in [2.45, 2.75) is 25.4 Å². The van der Waals surface area contributed by atoms with E-state index < -0.39 is 6.09 Å². The van der Waals surface area contributed by atoms with Crippen LogP contribution < -0.4 is 5.32 Å². The molecule has 0 aliphatic carbocycles. The summed E-state index contributed by atoms with van der Waals surface area (Å²) in [6.45, 7) is 2.48. The predicted molar refractivity (Wildman–Crippen MR) is 66.8 cm³/mol. The first-order chi connectivity index (χ1) is 9.19. The highest BCUT2D eigenvalue weighted by Gasteiger charge is 2.22. The molecule has 1 amide bonds. The van der Waals surface area contributed by atoms with Crippen LogP contribution in [0.15, 0.2) is 6.20 Å². The summed E-state index contributed by atoms with van der Waals surface area (Å²) in [5, 5.41) is 29.0. The Morgan fingerprint density at radius 3 is 3.16 bits per heavy atom. The van der Waals surface area contributed by atoms with Crippen molar-refractivity contribution in [1.82, 2.24) is 25.2 Å². The van der Waals surface area contributed by atoms with E-state index in [1.165, 1.54) is 4.90 Å². The quantitative estimate of drug-likeness (QED) is 0.643. The van der Waals surface area contributed by atoms with Gasteiger partial charge in [-0.05, 0) is 6.42 Å². The van der Waals surface area contributed by atoms with E-state index in [-0.39, 0.29) is 12.6 Å². The van der Waals surface area contributed by atoms with Crippen LogP contribution in [0.1, 0.15) is 12.1 Å². The number of carboxylic acid groups (broad SMARTS) is 1. The first-order valence-electron chi connectivity index (χ1n) is 6.40. The van der Waals surface area contributed by atoms with Crippen molar-refractivity contribution in [3.63, 3.8) is 0 Å². The third kappa shape index (κ3) is 3.90. The molecule has 8 nitrogen and oxygen atoms in total. The molecule has 1 fully saturated rings. The smallest absolute Gasteiger partial charge is 0.407 e. The zero-order valence-electron chi connectivity index (χ0n) is 10.7. The highest BCUT2D eigenvalue weighted by Crippen LogP contribution is 2.05. The van der Waals surface area contributed by atoms with Crippen LogP contribution in [-0.2, 0) is 13.0 Å². The number of nitrogens with zero attached hydrogens (tertiary/aromatic N) is 4. The third-order valence-corrected chi connectivity index (χ3v) is 3.19. The third-order valence-electron chi connectivity index (χ3n) is 3.19. The Bertz CT molecular complexity index is 422. The van der Waals surface area contributed by atoms with Crippen molar-refractivity contribution < 1.29 is 15.0 Å². The molecule has 0 aromatic carbocycles. The second-order valence-electron chi connectivity index (χ2n) is 4.61. The van der Waals surface area contributed by atoms with Crippen LogP contribution in [0.25, 0.3) is 0 Å². The summed E-state index contributed by atoms with van der Waals surface area (Å²) in [5.41, 5.74) is 0.770. The average molecular weight is 269 g/mol. The van der Waals surface area contributed by atoms with Crippen molar-refractivity contribution in [2.24, 2.45) is 0 Å². The molecule has 1 aromatic rings. The van der Waals surface area contributed by atoms with Gasteiger partial charge in [-0.15, -0.1) is 5.10 Å². The zero-order valence-corrected chi connectivity index (χ0v) is 10.7. The number of aliphatic hydroxyl groups is 1. The molecule has 2 heterocycles. The molecule has 1 aromatic heterocycles. The lowest BCUT2D eigenvalue weighted by molar-refractivity contribution is 0.126. The van der Waals surface area contributed by atoms with E-state index in [0.717, 1.165) is 12.1 Å². The first kappa shape index (κ1) is 13.8. The topological polar surface area (TPSA) is 104 Å². The fourth-order valence-corrected chi connectivity index (χ4v) is 2.16. The van der Waals surface area contributed by atoms with Gasteiger partial charge >= 0.3 is 6.09 Å². The Morgan fingerprint density at radius 2 is 2.42 bits per heavy atom. The Balaban J connectivity index is 1.79. The van der Waals surface area contributed by atoms with E-state index in [2.05, 4.69) is 15.6 Å². The van der Waals surface area contributed by atoms with Gasteiger partial charge in [0, 0.05) is 51.4 Å². The van der Waals surface area contributed by atoms with Crippen molar-refractivity contribution in [1.29, 1.82) is 0 Å². The van der Waals surface area contributed by atoms with Gasteiger partial charge in [-0.25, -0.2) is 4.79 Å². The van der Waals surface area contributed by atoms with Crippen LogP contribution in [0.4, 0.5) is 4.79 Å². The van der Waals surface area contributed by atoms with Crippen LogP contribution in [0.5, 0.6) is 0 Å². The zero-order chi connectivity index (χ0) is 13.7. The van der Waals surface area contributed by atoms with Gasteiger partial charge in [-0.3, -0.25) is 4.68 Å². The van der Waals surface area contributed by atoms with E-state index >= 15 is 0 Å². The van der Waals surface area contributed by atoms with Crippen molar-refractivity contribution in [3.05, 3.63) is 11.9 Å². The molecule has 0 saturated carbocycles. The van der Waals surface area contributed by atoms with Crippen LogP contribution in [0, 0.1) is 0 Å². The second-order valence-corrected chi connectivity index (χ2v) is 4.61. The summed E-state index contributed by atoms with van der Waals surface area (Å²) in [4.78, 5) is 12.3. The van der Waals surface area contributed by atoms with Gasteiger partial charge in [0.1, 0.15) is 0 Å². The summed E-state index contributed by atoms with van der Waals surface area (Å²) in [5.74, 6) is 0. The van der Waals surface area contributed by atoms with Gasteiger partial charge in [0.15, 0.2) is 0 Å². The van der Waals surface area contributed by atoms with Gasteiger partial charge < -0.3 is 20.4 Å². The minimum Gasteiger partial charge on any atom is -0.465 e. The van der Waals surface area contributed by atoms with Gasteiger partial charge in [-0.1, -0.05) is 5.21 Å². The Morgan fingerprint density at radius 1 is 1.58 bits per heavy atom. The number of aryl methyl sites for hydroxylation is 1. The molecule has 0 radical (unpaired) electrons. The maximum atomic E-state index is 10.9. The first-order valence-corrected chi connectivity index (χ1v) is 6.40. The lowest BCUT2D eigenvalue weighted by Gasteiger charge is -2.31. The number of nitrogens with one attached hydrogen (secondary N) is 1. The molecule has 106 valence electrons. The van der Waals surface area contributed by atoms with E-state index in [0.29, 0.717) is 32.6 Å². The standard InChI is InChI=1S/C11H19N5O3/c17-6-2-10-8-16(14-13-10)4-1-9-7-15(11(18)19)5-3-12-9/h8-9,12,17H,1-7H2,(H,18,19)/t9-/m1/s1. The van der Waals surface area contributed by atoms with Crippen molar-refractivity contribution in [2.75, 3.05) is 26.2 Å². The molecular weight excluding hydrogens is 250 g/mol. The van der Waals surface area contributed by atoms with Crippen LogP contribution in [0.3, 0.4) is 0 Å². The normalized spacial score (nSPS) is 19.6. The lowest BCUT2D eigenvalue weighted by atomic mass is 10.1. The molecule has 19 heavy (non-hydrogen) atoms. The molecule has 1 aliphatic heterocycles. The summed E-state index contributed by atoms with van der Waals surface area (Å²) >= 11 is 0. The van der Waals surface area contributed by atoms with Gasteiger partial charge in [0.25, 0.3) is 0 Å². The summed E-state index contributed by atoms with van der Waals surface area (Å²) in [7, 11) is 0. The summed E-state index contributed by atoms with van der Waals surface area (Å²) in [6, 6.07) is 0.148. The lowest BCUT2D eigenvalue weighted by Crippen LogP contribution is -2.52. The van der Waals surface area contributed by atoms with Gasteiger partial charge in [-0.2, -0.15) is 0 Å². The van der Waals surface area contributed by atoms with E-state index in [1.807, 2.05) is 6.20 Å². The largest absolute Gasteiger partial charge is 0.465 e. The van der Waals surface area contributed by atoms with Crippen LogP contribution >= 0.6 is 0 Å². The molecule has 1 aliphatic rings. The number of rotatable bonds is 5. The Labute approximate surface area is 111 Å². The van der Waals surface area contributed by atoms with Gasteiger partial charge in [0.05, 0.1) is 5.69 Å². The molecule has 8 heteroatoms. The van der Waals surface area contributed by atoms with Gasteiger partial charge in [0.2, 0.25) is 0 Å². The number of hydrogen-bond acceptors (Lipinski definition) is 5. The summed E-state index contributed by atoms with van der Waals surface area (Å²) in [6.07, 6.45) is 2.26. The maximum Gasteiger partial charge on any atom is 0.407 e. The Kier molecular flexibility index (Phi) is 4.69. The monoisotopic (exact) mass is 269 g/mol. The maximum absolute atomic E-state index is 10.9. The van der Waals surface area contributed by atoms with E-state index in [4.69, 9.17) is 10.2 Å². The molecule has 0 spiro atoms. The number of hydrogen-bond donors (Lipinski definition) is 3. The molecule has 2 rings (SSSR count). The predicted octanol–water partition coefficient (Wildman–Crippen LogP) is -0.845. The molecule has 1 atom stereocenters. The fourth-order valence-electron chi connectivity index (χ4n) is 2.16. The number of aromatic nitrogens is 3. The van der Waals surface area contributed by atoms with Crippen molar-refractivity contribution in [3.8, 4) is 0 Å². The number of aliphatic hydroxyl groups excluding tert-OH is 1. The summed E-state index contributed by atoms with van der Waals surface area (Å²) < 4.78 is 1.73. The Hall–Kier alpha value is -1.67. The fraction of sp³-hybridized carbons (Fsp3) is 0.727. The molecule has 0 unspecified atom stereocenters. The average Bonchev–Trinajstić information content (AvgIpc) is 2.85. The number of piperazine rings is 1. The SMILES string of the molecule is O=C(O)N1CCN[C@H](CCn2cc(CCO)nn2)C1. The molecule has 3 N–H and O–H groups in total. The second kappa shape index (κ2) is 6.48. The highest BCUT2D eigenvalue weighted by molar-refractivity contribution is 5.65. The number of carbonyl (C=O) groups is 1. The minimum atomic E-state index is -0.863.